The number of nitrogens with zero attached hydrogens (tertiary/aromatic N) is 3. The van der Waals surface area contributed by atoms with E-state index in [1.165, 1.54) is 6.07 Å². The number of likely N-dealkylation sites (tertiary alicyclic amines) is 1. The van der Waals surface area contributed by atoms with E-state index in [9.17, 15) is 22.8 Å². The Morgan fingerprint density at radius 1 is 0.966 bits per heavy atom. The number of benzene rings is 1. The van der Waals surface area contributed by atoms with E-state index in [1.54, 1.807) is 15.9 Å². The highest BCUT2D eigenvalue weighted by atomic mass is 19.4. The lowest BCUT2D eigenvalue weighted by Crippen LogP contribution is -2.50. The van der Waals surface area contributed by atoms with Crippen molar-refractivity contribution in [3.8, 4) is 0 Å². The molecule has 2 aliphatic heterocycles. The molecule has 1 aromatic carbocycles. The van der Waals surface area contributed by atoms with Gasteiger partial charge in [-0.15, -0.1) is 0 Å². The quantitative estimate of drug-likeness (QED) is 0.770. The number of hydrogen-bond donors (Lipinski definition) is 0. The molecule has 0 aromatic heterocycles. The monoisotopic (exact) mass is 409 g/mol. The molecule has 4 rings (SSSR count). The SMILES string of the molecule is CN1CCN(C(=O)[C@H]2CN(C(=O)C3CC3)C[C@H]2c2cccc(C(F)(F)F)c2)CC1. The molecule has 2 saturated heterocycles. The Balaban J connectivity index is 1.59. The molecular formula is C21H26F3N3O2. The highest BCUT2D eigenvalue weighted by Crippen LogP contribution is 2.40. The van der Waals surface area contributed by atoms with Gasteiger partial charge in [0.2, 0.25) is 11.8 Å². The first-order valence-electron chi connectivity index (χ1n) is 10.2. The maximum Gasteiger partial charge on any atom is 0.416 e. The van der Waals surface area contributed by atoms with Crippen LogP contribution in [0, 0.1) is 11.8 Å². The zero-order valence-electron chi connectivity index (χ0n) is 16.5. The van der Waals surface area contributed by atoms with Crippen molar-refractivity contribution in [3.05, 3.63) is 35.4 Å². The van der Waals surface area contributed by atoms with Crippen molar-refractivity contribution in [3.63, 3.8) is 0 Å². The number of amides is 2. The molecular weight excluding hydrogens is 383 g/mol. The number of carbonyl (C=O) groups is 2. The van der Waals surface area contributed by atoms with Gasteiger partial charge in [0, 0.05) is 51.1 Å². The van der Waals surface area contributed by atoms with Crippen LogP contribution in [0.1, 0.15) is 29.9 Å². The van der Waals surface area contributed by atoms with E-state index < -0.39 is 23.6 Å². The molecule has 1 saturated carbocycles. The number of likely N-dealkylation sites (N-methyl/N-ethyl adjacent to an activating group) is 1. The molecule has 0 bridgehead atoms. The van der Waals surface area contributed by atoms with Crippen LogP contribution < -0.4 is 0 Å². The molecule has 2 heterocycles. The minimum absolute atomic E-state index is 0.0228. The third-order valence-corrected chi connectivity index (χ3v) is 6.33. The molecule has 0 N–H and O–H groups in total. The van der Waals surface area contributed by atoms with Gasteiger partial charge in [0.25, 0.3) is 0 Å². The number of alkyl halides is 3. The van der Waals surface area contributed by atoms with Crippen LogP contribution in [-0.4, -0.2) is 72.8 Å². The second-order valence-electron chi connectivity index (χ2n) is 8.48. The van der Waals surface area contributed by atoms with Crippen molar-refractivity contribution < 1.29 is 22.8 Å². The van der Waals surface area contributed by atoms with Gasteiger partial charge >= 0.3 is 6.18 Å². The summed E-state index contributed by atoms with van der Waals surface area (Å²) < 4.78 is 39.6. The van der Waals surface area contributed by atoms with E-state index in [-0.39, 0.29) is 17.7 Å². The highest BCUT2D eigenvalue weighted by Gasteiger charge is 2.45. The summed E-state index contributed by atoms with van der Waals surface area (Å²) in [5.74, 6) is -0.895. The molecule has 8 heteroatoms. The van der Waals surface area contributed by atoms with Crippen molar-refractivity contribution in [2.24, 2.45) is 11.8 Å². The summed E-state index contributed by atoms with van der Waals surface area (Å²) >= 11 is 0. The Labute approximate surface area is 168 Å². The molecule has 2 amide bonds. The van der Waals surface area contributed by atoms with Gasteiger partial charge in [0.05, 0.1) is 11.5 Å². The molecule has 1 aromatic rings. The van der Waals surface area contributed by atoms with Gasteiger partial charge in [0.1, 0.15) is 0 Å². The second-order valence-corrected chi connectivity index (χ2v) is 8.48. The molecule has 29 heavy (non-hydrogen) atoms. The molecule has 158 valence electrons. The van der Waals surface area contributed by atoms with Crippen molar-refractivity contribution >= 4 is 11.8 Å². The summed E-state index contributed by atoms with van der Waals surface area (Å²) in [7, 11) is 2.00. The van der Waals surface area contributed by atoms with Gasteiger partial charge in [-0.25, -0.2) is 0 Å². The van der Waals surface area contributed by atoms with E-state index >= 15 is 0 Å². The van der Waals surface area contributed by atoms with Crippen LogP contribution in [0.4, 0.5) is 13.2 Å². The zero-order chi connectivity index (χ0) is 20.8. The van der Waals surface area contributed by atoms with Crippen molar-refractivity contribution in [1.82, 2.24) is 14.7 Å². The van der Waals surface area contributed by atoms with Crippen LogP contribution >= 0.6 is 0 Å². The van der Waals surface area contributed by atoms with Gasteiger partial charge in [-0.2, -0.15) is 13.2 Å². The van der Waals surface area contributed by atoms with Crippen molar-refractivity contribution in [2.75, 3.05) is 46.3 Å². The standard InChI is InChI=1S/C21H26F3N3O2/c1-25-7-9-26(10-8-25)20(29)18-13-27(19(28)14-5-6-14)12-17(18)15-3-2-4-16(11-15)21(22,23)24/h2-4,11,14,17-18H,5-10,12-13H2,1H3/t17-,18-/m0/s1. The number of carbonyl (C=O) groups excluding carboxylic acids is 2. The Bertz CT molecular complexity index is 786. The lowest BCUT2D eigenvalue weighted by atomic mass is 9.87. The zero-order valence-corrected chi connectivity index (χ0v) is 16.5. The van der Waals surface area contributed by atoms with Gasteiger partial charge in [-0.1, -0.05) is 18.2 Å². The number of halogens is 3. The number of rotatable bonds is 3. The Morgan fingerprint density at radius 3 is 2.28 bits per heavy atom. The van der Waals surface area contributed by atoms with Gasteiger partial charge in [-0.05, 0) is 31.5 Å². The van der Waals surface area contributed by atoms with E-state index in [2.05, 4.69) is 4.90 Å². The van der Waals surface area contributed by atoms with Crippen LogP contribution in [0.3, 0.4) is 0 Å². The van der Waals surface area contributed by atoms with Gasteiger partial charge in [-0.3, -0.25) is 9.59 Å². The van der Waals surface area contributed by atoms with Crippen LogP contribution in [-0.2, 0) is 15.8 Å². The predicted molar refractivity (Wildman–Crippen MR) is 101 cm³/mol. The summed E-state index contributed by atoms with van der Waals surface area (Å²) in [4.78, 5) is 31.5. The summed E-state index contributed by atoms with van der Waals surface area (Å²) in [6.07, 6.45) is -2.71. The maximum absolute atomic E-state index is 13.3. The summed E-state index contributed by atoms with van der Waals surface area (Å²) in [5.41, 5.74) is -0.230. The third kappa shape index (κ3) is 4.27. The summed E-state index contributed by atoms with van der Waals surface area (Å²) in [6, 6.07) is 5.22. The largest absolute Gasteiger partial charge is 0.416 e. The molecule has 0 spiro atoms. The highest BCUT2D eigenvalue weighted by molar-refractivity contribution is 5.85. The average molecular weight is 409 g/mol. The van der Waals surface area contributed by atoms with Crippen molar-refractivity contribution in [1.29, 1.82) is 0 Å². The van der Waals surface area contributed by atoms with E-state index in [0.29, 0.717) is 31.7 Å². The Morgan fingerprint density at radius 2 is 1.66 bits per heavy atom. The fourth-order valence-corrected chi connectivity index (χ4v) is 4.37. The lowest BCUT2D eigenvalue weighted by molar-refractivity contribution is -0.138. The smallest absolute Gasteiger partial charge is 0.341 e. The minimum Gasteiger partial charge on any atom is -0.341 e. The van der Waals surface area contributed by atoms with Gasteiger partial charge in [0.15, 0.2) is 0 Å². The fourth-order valence-electron chi connectivity index (χ4n) is 4.37. The first kappa shape index (κ1) is 20.2. The van der Waals surface area contributed by atoms with Crippen LogP contribution in [0.25, 0.3) is 0 Å². The molecule has 3 fully saturated rings. The summed E-state index contributed by atoms with van der Waals surface area (Å²) in [5, 5.41) is 0. The molecule has 5 nitrogen and oxygen atoms in total. The first-order chi connectivity index (χ1) is 13.7. The predicted octanol–water partition coefficient (Wildman–Crippen LogP) is 2.43. The Kier molecular flexibility index (Phi) is 5.31. The lowest BCUT2D eigenvalue weighted by Gasteiger charge is -2.35. The van der Waals surface area contributed by atoms with E-state index in [0.717, 1.165) is 38.1 Å². The normalized spacial score (nSPS) is 26.1. The fraction of sp³-hybridized carbons (Fsp3) is 0.619. The third-order valence-electron chi connectivity index (χ3n) is 6.33. The molecule has 3 aliphatic rings. The molecule has 1 aliphatic carbocycles. The van der Waals surface area contributed by atoms with E-state index in [4.69, 9.17) is 0 Å². The molecule has 0 unspecified atom stereocenters. The second kappa shape index (κ2) is 7.63. The Hall–Kier alpha value is -2.09. The minimum atomic E-state index is -4.44. The summed E-state index contributed by atoms with van der Waals surface area (Å²) in [6.45, 7) is 3.37. The number of piperazine rings is 1. The topological polar surface area (TPSA) is 43.9 Å². The average Bonchev–Trinajstić information content (AvgIpc) is 3.45. The number of hydrogen-bond acceptors (Lipinski definition) is 3. The van der Waals surface area contributed by atoms with Crippen LogP contribution in [0.2, 0.25) is 0 Å². The van der Waals surface area contributed by atoms with Crippen molar-refractivity contribution in [2.45, 2.75) is 24.9 Å². The maximum atomic E-state index is 13.3. The molecule has 0 radical (unpaired) electrons. The first-order valence-corrected chi connectivity index (χ1v) is 10.2. The van der Waals surface area contributed by atoms with Crippen LogP contribution in [0.5, 0.6) is 0 Å². The van der Waals surface area contributed by atoms with Gasteiger partial charge < -0.3 is 14.7 Å². The van der Waals surface area contributed by atoms with Crippen LogP contribution in [0.15, 0.2) is 24.3 Å². The molecule has 2 atom stereocenters. The van der Waals surface area contributed by atoms with E-state index in [1.807, 2.05) is 7.05 Å².